The van der Waals surface area contributed by atoms with E-state index in [9.17, 15) is 0 Å². The minimum absolute atomic E-state index is 0.820. The summed E-state index contributed by atoms with van der Waals surface area (Å²) in [6.07, 6.45) is 8.38. The molecule has 1 N–H and O–H groups in total. The number of nitrogens with one attached hydrogen (secondary N) is 1. The van der Waals surface area contributed by atoms with Crippen LogP contribution in [0, 0.1) is 0 Å². The SMILES string of the molecule is CN(CCCC1CCCCN1)C1CCSC1. The second kappa shape index (κ2) is 6.87. The first-order valence-corrected chi connectivity index (χ1v) is 8.03. The number of hydrogen-bond acceptors (Lipinski definition) is 3. The molecule has 0 aromatic carbocycles. The van der Waals surface area contributed by atoms with Gasteiger partial charge in [0.25, 0.3) is 0 Å². The zero-order valence-electron chi connectivity index (χ0n) is 10.6. The average molecular weight is 242 g/mol. The highest BCUT2D eigenvalue weighted by atomic mass is 32.2. The summed E-state index contributed by atoms with van der Waals surface area (Å²) in [4.78, 5) is 2.59. The maximum Gasteiger partial charge on any atom is 0.0191 e. The molecule has 2 unspecified atom stereocenters. The predicted octanol–water partition coefficient (Wildman–Crippen LogP) is 2.35. The Morgan fingerprint density at radius 3 is 2.94 bits per heavy atom. The molecule has 0 saturated carbocycles. The van der Waals surface area contributed by atoms with E-state index in [1.807, 2.05) is 0 Å². The third kappa shape index (κ3) is 3.94. The first-order chi connectivity index (χ1) is 7.86. The van der Waals surface area contributed by atoms with Crippen molar-refractivity contribution in [2.24, 2.45) is 0 Å². The third-order valence-corrected chi connectivity index (χ3v) is 5.15. The van der Waals surface area contributed by atoms with E-state index in [2.05, 4.69) is 29.0 Å². The lowest BCUT2D eigenvalue weighted by atomic mass is 10.0. The topological polar surface area (TPSA) is 15.3 Å². The Morgan fingerprint density at radius 1 is 1.31 bits per heavy atom. The van der Waals surface area contributed by atoms with Gasteiger partial charge in [0.2, 0.25) is 0 Å². The number of nitrogens with zero attached hydrogens (tertiary/aromatic N) is 1. The van der Waals surface area contributed by atoms with Crippen molar-refractivity contribution in [3.8, 4) is 0 Å². The van der Waals surface area contributed by atoms with Crippen molar-refractivity contribution < 1.29 is 0 Å². The Morgan fingerprint density at radius 2 is 2.25 bits per heavy atom. The van der Waals surface area contributed by atoms with E-state index in [4.69, 9.17) is 0 Å². The smallest absolute Gasteiger partial charge is 0.0191 e. The summed E-state index contributed by atoms with van der Waals surface area (Å²) >= 11 is 2.12. The van der Waals surface area contributed by atoms with Crippen LogP contribution < -0.4 is 5.32 Å². The molecule has 2 atom stereocenters. The van der Waals surface area contributed by atoms with Crippen LogP contribution in [-0.4, -0.2) is 48.6 Å². The van der Waals surface area contributed by atoms with Gasteiger partial charge >= 0.3 is 0 Å². The van der Waals surface area contributed by atoms with Gasteiger partial charge < -0.3 is 10.2 Å². The molecule has 0 aromatic heterocycles. The van der Waals surface area contributed by atoms with Crippen LogP contribution in [0.25, 0.3) is 0 Å². The highest BCUT2D eigenvalue weighted by molar-refractivity contribution is 7.99. The molecular weight excluding hydrogens is 216 g/mol. The van der Waals surface area contributed by atoms with Gasteiger partial charge in [0.15, 0.2) is 0 Å². The van der Waals surface area contributed by atoms with Crippen LogP contribution in [0.15, 0.2) is 0 Å². The summed E-state index contributed by atoms with van der Waals surface area (Å²) in [7, 11) is 2.31. The maximum absolute atomic E-state index is 3.64. The molecule has 2 aliphatic heterocycles. The molecule has 0 aliphatic carbocycles. The molecule has 16 heavy (non-hydrogen) atoms. The quantitative estimate of drug-likeness (QED) is 0.797. The molecule has 2 rings (SSSR count). The second-order valence-corrected chi connectivity index (χ2v) is 6.44. The van der Waals surface area contributed by atoms with Gasteiger partial charge in [0, 0.05) is 17.8 Å². The lowest BCUT2D eigenvalue weighted by Gasteiger charge is -2.26. The number of piperidine rings is 1. The largest absolute Gasteiger partial charge is 0.314 e. The fraction of sp³-hybridized carbons (Fsp3) is 1.00. The Labute approximate surface area is 105 Å². The summed E-state index contributed by atoms with van der Waals surface area (Å²) in [6, 6.07) is 1.68. The molecule has 3 heteroatoms. The number of hydrogen-bond donors (Lipinski definition) is 1. The molecule has 0 amide bonds. The highest BCUT2D eigenvalue weighted by Gasteiger charge is 2.20. The number of rotatable bonds is 5. The van der Waals surface area contributed by atoms with Gasteiger partial charge in [0.1, 0.15) is 0 Å². The van der Waals surface area contributed by atoms with Gasteiger partial charge in [-0.05, 0) is 58.0 Å². The maximum atomic E-state index is 3.64. The molecular formula is C13H26N2S. The summed E-state index contributed by atoms with van der Waals surface area (Å²) in [5.41, 5.74) is 0. The van der Waals surface area contributed by atoms with E-state index in [-0.39, 0.29) is 0 Å². The lowest BCUT2D eigenvalue weighted by molar-refractivity contribution is 0.248. The van der Waals surface area contributed by atoms with Gasteiger partial charge in [-0.3, -0.25) is 0 Å². The van der Waals surface area contributed by atoms with Gasteiger partial charge in [-0.2, -0.15) is 11.8 Å². The van der Waals surface area contributed by atoms with Crippen molar-refractivity contribution in [1.29, 1.82) is 0 Å². The fourth-order valence-electron chi connectivity index (χ4n) is 2.81. The van der Waals surface area contributed by atoms with Crippen LogP contribution in [0.3, 0.4) is 0 Å². The monoisotopic (exact) mass is 242 g/mol. The van der Waals surface area contributed by atoms with Crippen molar-refractivity contribution in [3.63, 3.8) is 0 Å². The van der Waals surface area contributed by atoms with Crippen LogP contribution in [0.4, 0.5) is 0 Å². The molecule has 94 valence electrons. The lowest BCUT2D eigenvalue weighted by Crippen LogP contribution is -2.36. The van der Waals surface area contributed by atoms with E-state index in [0.717, 1.165) is 12.1 Å². The van der Waals surface area contributed by atoms with E-state index < -0.39 is 0 Å². The van der Waals surface area contributed by atoms with Crippen LogP contribution in [0.5, 0.6) is 0 Å². The zero-order valence-corrected chi connectivity index (χ0v) is 11.4. The van der Waals surface area contributed by atoms with Gasteiger partial charge in [-0.15, -0.1) is 0 Å². The minimum atomic E-state index is 0.820. The summed E-state index contributed by atoms with van der Waals surface area (Å²) in [5.74, 6) is 2.73. The Hall–Kier alpha value is 0.270. The summed E-state index contributed by atoms with van der Waals surface area (Å²) in [5, 5.41) is 3.64. The normalized spacial score (nSPS) is 31.1. The third-order valence-electron chi connectivity index (χ3n) is 4.00. The molecule has 0 aromatic rings. The molecule has 0 radical (unpaired) electrons. The Balaban J connectivity index is 1.56. The van der Waals surface area contributed by atoms with E-state index in [0.29, 0.717) is 0 Å². The molecule has 2 aliphatic rings. The minimum Gasteiger partial charge on any atom is -0.314 e. The van der Waals surface area contributed by atoms with E-state index in [1.54, 1.807) is 0 Å². The standard InChI is InChI=1S/C13H26N2S/c1-15(13-7-10-16-11-13)9-4-6-12-5-2-3-8-14-12/h12-14H,2-11H2,1H3. The van der Waals surface area contributed by atoms with Crippen LogP contribution in [0.2, 0.25) is 0 Å². The molecule has 2 saturated heterocycles. The van der Waals surface area contributed by atoms with E-state index in [1.165, 1.54) is 63.1 Å². The highest BCUT2D eigenvalue weighted by Crippen LogP contribution is 2.21. The van der Waals surface area contributed by atoms with Gasteiger partial charge in [0.05, 0.1) is 0 Å². The second-order valence-electron chi connectivity index (χ2n) is 5.29. The Bertz CT molecular complexity index is 186. The Kier molecular flexibility index (Phi) is 5.46. The first kappa shape index (κ1) is 12.7. The van der Waals surface area contributed by atoms with Crippen molar-refractivity contribution in [3.05, 3.63) is 0 Å². The zero-order chi connectivity index (χ0) is 11.2. The average Bonchev–Trinajstić information content (AvgIpc) is 2.84. The fourth-order valence-corrected chi connectivity index (χ4v) is 4.11. The van der Waals surface area contributed by atoms with Crippen molar-refractivity contribution >= 4 is 11.8 Å². The first-order valence-electron chi connectivity index (χ1n) is 6.87. The van der Waals surface area contributed by atoms with Gasteiger partial charge in [-0.25, -0.2) is 0 Å². The summed E-state index contributed by atoms with van der Waals surface area (Å²) in [6.45, 7) is 2.54. The van der Waals surface area contributed by atoms with Crippen molar-refractivity contribution in [2.45, 2.75) is 50.6 Å². The molecule has 0 bridgehead atoms. The van der Waals surface area contributed by atoms with Crippen LogP contribution in [0.1, 0.15) is 38.5 Å². The van der Waals surface area contributed by atoms with E-state index >= 15 is 0 Å². The molecule has 2 heterocycles. The summed E-state index contributed by atoms with van der Waals surface area (Å²) < 4.78 is 0. The predicted molar refractivity (Wildman–Crippen MR) is 73.2 cm³/mol. The number of thioether (sulfide) groups is 1. The molecule has 2 nitrogen and oxygen atoms in total. The van der Waals surface area contributed by atoms with Crippen LogP contribution in [-0.2, 0) is 0 Å². The van der Waals surface area contributed by atoms with Gasteiger partial charge in [-0.1, -0.05) is 6.42 Å². The molecule has 2 fully saturated rings. The van der Waals surface area contributed by atoms with Crippen LogP contribution >= 0.6 is 11.8 Å². The van der Waals surface area contributed by atoms with Crippen molar-refractivity contribution in [1.82, 2.24) is 10.2 Å². The van der Waals surface area contributed by atoms with Crippen molar-refractivity contribution in [2.75, 3.05) is 31.6 Å². The molecule has 0 spiro atoms.